The monoisotopic (exact) mass is 365 g/mol. The molecule has 8 heteroatoms. The number of methoxy groups -OCH3 is 2. The van der Waals surface area contributed by atoms with Crippen LogP contribution >= 0.6 is 11.8 Å². The first-order valence-electron chi connectivity index (χ1n) is 8.00. The number of fused-ring (bicyclic) bond motifs is 1. The van der Waals surface area contributed by atoms with Crippen LogP contribution < -0.4 is 10.9 Å². The van der Waals surface area contributed by atoms with Gasteiger partial charge in [-0.2, -0.15) is 0 Å². The minimum Gasteiger partial charge on any atom is -0.383 e. The number of hydrogen-bond donors (Lipinski definition) is 1. The van der Waals surface area contributed by atoms with Crippen molar-refractivity contribution in [3.05, 3.63) is 34.6 Å². The third kappa shape index (κ3) is 5.04. The van der Waals surface area contributed by atoms with E-state index in [1.165, 1.54) is 11.8 Å². The summed E-state index contributed by atoms with van der Waals surface area (Å²) in [5.74, 6) is -0.122. The molecule has 0 saturated heterocycles. The fourth-order valence-corrected chi connectivity index (χ4v) is 3.21. The number of nitrogens with one attached hydrogen (secondary N) is 1. The van der Waals surface area contributed by atoms with E-state index in [-0.39, 0.29) is 11.5 Å². The van der Waals surface area contributed by atoms with Crippen LogP contribution in [-0.4, -0.2) is 54.7 Å². The van der Waals surface area contributed by atoms with Gasteiger partial charge in [-0.15, -0.1) is 0 Å². The van der Waals surface area contributed by atoms with E-state index in [4.69, 9.17) is 9.47 Å². The first kappa shape index (κ1) is 19.4. The summed E-state index contributed by atoms with van der Waals surface area (Å²) in [5.41, 5.74) is 0.493. The summed E-state index contributed by atoms with van der Waals surface area (Å²) in [4.78, 5) is 29.5. The van der Waals surface area contributed by atoms with E-state index in [0.717, 1.165) is 0 Å². The van der Waals surface area contributed by atoms with Gasteiger partial charge in [0.1, 0.15) is 0 Å². The summed E-state index contributed by atoms with van der Waals surface area (Å²) < 4.78 is 11.6. The summed E-state index contributed by atoms with van der Waals surface area (Å²) in [6.07, 6.45) is 0. The fraction of sp³-hybridized carbons (Fsp3) is 0.471. The molecule has 0 aliphatic heterocycles. The van der Waals surface area contributed by atoms with Gasteiger partial charge in [0, 0.05) is 20.8 Å². The zero-order chi connectivity index (χ0) is 18.2. The number of carbonyl (C=O) groups excluding carboxylic acids is 1. The molecular weight excluding hydrogens is 342 g/mol. The lowest BCUT2D eigenvalue weighted by Crippen LogP contribution is -2.34. The summed E-state index contributed by atoms with van der Waals surface area (Å²) in [6, 6.07) is 7.20. The van der Waals surface area contributed by atoms with E-state index in [1.54, 1.807) is 37.8 Å². The van der Waals surface area contributed by atoms with Crippen LogP contribution in [0.4, 0.5) is 0 Å². The van der Waals surface area contributed by atoms with Crippen LogP contribution in [0.1, 0.15) is 6.92 Å². The molecule has 1 N–H and O–H groups in total. The molecule has 136 valence electrons. The Bertz CT molecular complexity index is 778. The van der Waals surface area contributed by atoms with Crippen molar-refractivity contribution < 1.29 is 14.3 Å². The predicted molar refractivity (Wildman–Crippen MR) is 98.1 cm³/mol. The van der Waals surface area contributed by atoms with Gasteiger partial charge in [0.15, 0.2) is 5.16 Å². The molecule has 1 atom stereocenters. The van der Waals surface area contributed by atoms with Crippen LogP contribution in [0.15, 0.2) is 34.2 Å². The number of aromatic nitrogens is 2. The third-order valence-electron chi connectivity index (χ3n) is 3.60. The Morgan fingerprint density at radius 1 is 1.28 bits per heavy atom. The summed E-state index contributed by atoms with van der Waals surface area (Å²) in [5, 5.41) is 3.47. The molecule has 7 nitrogen and oxygen atoms in total. The number of hydrogen-bond acceptors (Lipinski definition) is 6. The van der Waals surface area contributed by atoms with Gasteiger partial charge in [0.25, 0.3) is 5.56 Å². The standard InChI is InChI=1S/C17H23N3O4S/c1-12(15(21)18-8-10-23-2)25-17-19-14-7-5-4-6-13(14)16(22)20(17)9-11-24-3/h4-7,12H,8-11H2,1-3H3,(H,18,21)/t12-/m0/s1. The lowest BCUT2D eigenvalue weighted by molar-refractivity contribution is -0.120. The molecule has 0 fully saturated rings. The fourth-order valence-electron chi connectivity index (χ4n) is 2.25. The van der Waals surface area contributed by atoms with Crippen molar-refractivity contribution in [2.45, 2.75) is 23.9 Å². The summed E-state index contributed by atoms with van der Waals surface area (Å²) in [7, 11) is 3.16. The number of benzene rings is 1. The molecule has 1 heterocycles. The first-order valence-corrected chi connectivity index (χ1v) is 8.88. The Morgan fingerprint density at radius 2 is 2.00 bits per heavy atom. The van der Waals surface area contributed by atoms with Crippen LogP contribution in [0.2, 0.25) is 0 Å². The molecule has 0 unspecified atom stereocenters. The topological polar surface area (TPSA) is 82.5 Å². The van der Waals surface area contributed by atoms with E-state index in [0.29, 0.717) is 42.4 Å². The first-order chi connectivity index (χ1) is 12.1. The van der Waals surface area contributed by atoms with Gasteiger partial charge < -0.3 is 14.8 Å². The van der Waals surface area contributed by atoms with Crippen LogP contribution in [0.5, 0.6) is 0 Å². The Morgan fingerprint density at radius 3 is 2.72 bits per heavy atom. The van der Waals surface area contributed by atoms with Crippen LogP contribution in [0, 0.1) is 0 Å². The lowest BCUT2D eigenvalue weighted by Gasteiger charge is -2.16. The van der Waals surface area contributed by atoms with E-state index in [1.807, 2.05) is 12.1 Å². The van der Waals surface area contributed by atoms with Crippen molar-refractivity contribution in [3.8, 4) is 0 Å². The van der Waals surface area contributed by atoms with Gasteiger partial charge in [0.05, 0.1) is 35.9 Å². The molecule has 1 aromatic heterocycles. The van der Waals surface area contributed by atoms with Gasteiger partial charge in [-0.3, -0.25) is 14.2 Å². The van der Waals surface area contributed by atoms with Gasteiger partial charge in [-0.25, -0.2) is 4.98 Å². The highest BCUT2D eigenvalue weighted by Crippen LogP contribution is 2.22. The number of ether oxygens (including phenoxy) is 2. The molecule has 2 rings (SSSR count). The van der Waals surface area contributed by atoms with E-state index < -0.39 is 5.25 Å². The number of para-hydroxylation sites is 1. The zero-order valence-corrected chi connectivity index (χ0v) is 15.5. The SMILES string of the molecule is COCCNC(=O)[C@H](C)Sc1nc2ccccc2c(=O)n1CCOC. The average Bonchev–Trinajstić information content (AvgIpc) is 2.61. The second-order valence-electron chi connectivity index (χ2n) is 5.41. The molecule has 0 radical (unpaired) electrons. The van der Waals surface area contributed by atoms with E-state index in [9.17, 15) is 9.59 Å². The van der Waals surface area contributed by atoms with Crippen LogP contribution in [0.3, 0.4) is 0 Å². The van der Waals surface area contributed by atoms with Crippen LogP contribution in [0.25, 0.3) is 10.9 Å². The molecule has 1 aromatic carbocycles. The number of thioether (sulfide) groups is 1. The maximum Gasteiger partial charge on any atom is 0.262 e. The Kier molecular flexibility index (Phi) is 7.42. The number of nitrogens with zero attached hydrogens (tertiary/aromatic N) is 2. The summed E-state index contributed by atoms with van der Waals surface area (Å²) >= 11 is 1.26. The Balaban J connectivity index is 2.28. The van der Waals surface area contributed by atoms with Gasteiger partial charge >= 0.3 is 0 Å². The van der Waals surface area contributed by atoms with E-state index in [2.05, 4.69) is 10.3 Å². The molecular formula is C17H23N3O4S. The summed E-state index contributed by atoms with van der Waals surface area (Å²) in [6.45, 7) is 3.46. The molecule has 2 aromatic rings. The highest BCUT2D eigenvalue weighted by molar-refractivity contribution is 8.00. The molecule has 25 heavy (non-hydrogen) atoms. The van der Waals surface area contributed by atoms with E-state index >= 15 is 0 Å². The molecule has 0 spiro atoms. The second kappa shape index (κ2) is 9.55. The highest BCUT2D eigenvalue weighted by Gasteiger charge is 2.19. The minimum absolute atomic E-state index is 0.122. The average molecular weight is 365 g/mol. The highest BCUT2D eigenvalue weighted by atomic mass is 32.2. The van der Waals surface area contributed by atoms with Crippen molar-refractivity contribution in [2.75, 3.05) is 34.0 Å². The van der Waals surface area contributed by atoms with Gasteiger partial charge in [-0.1, -0.05) is 23.9 Å². The molecule has 0 aliphatic carbocycles. The largest absolute Gasteiger partial charge is 0.383 e. The van der Waals surface area contributed by atoms with Gasteiger partial charge in [0.2, 0.25) is 5.91 Å². The Hall–Kier alpha value is -1.90. The minimum atomic E-state index is -0.390. The number of amides is 1. The quantitative estimate of drug-likeness (QED) is 0.410. The molecule has 0 saturated carbocycles. The number of rotatable bonds is 9. The van der Waals surface area contributed by atoms with Crippen LogP contribution in [-0.2, 0) is 20.8 Å². The van der Waals surface area contributed by atoms with Crippen molar-refractivity contribution >= 4 is 28.6 Å². The third-order valence-corrected chi connectivity index (χ3v) is 4.69. The zero-order valence-electron chi connectivity index (χ0n) is 14.7. The van der Waals surface area contributed by atoms with Crippen molar-refractivity contribution in [1.82, 2.24) is 14.9 Å². The molecule has 0 bridgehead atoms. The smallest absolute Gasteiger partial charge is 0.262 e. The van der Waals surface area contributed by atoms with Crippen molar-refractivity contribution in [2.24, 2.45) is 0 Å². The maximum atomic E-state index is 12.8. The van der Waals surface area contributed by atoms with Crippen molar-refractivity contribution in [1.29, 1.82) is 0 Å². The maximum absolute atomic E-state index is 12.8. The number of carbonyl (C=O) groups is 1. The Labute approximate surface area is 150 Å². The normalized spacial score (nSPS) is 12.3. The molecule has 1 amide bonds. The predicted octanol–water partition coefficient (Wildman–Crippen LogP) is 1.29. The second-order valence-corrected chi connectivity index (χ2v) is 6.71. The van der Waals surface area contributed by atoms with Crippen molar-refractivity contribution in [3.63, 3.8) is 0 Å². The molecule has 0 aliphatic rings. The lowest BCUT2D eigenvalue weighted by atomic mass is 10.2. The van der Waals surface area contributed by atoms with Gasteiger partial charge in [-0.05, 0) is 19.1 Å².